The van der Waals surface area contributed by atoms with Crippen LogP contribution in [0.25, 0.3) is 0 Å². The van der Waals surface area contributed by atoms with E-state index < -0.39 is 0 Å². The minimum Gasteiger partial charge on any atom is -0.493 e. The molecule has 3 aromatic rings. The second-order valence-electron chi connectivity index (χ2n) is 6.29. The van der Waals surface area contributed by atoms with Crippen molar-refractivity contribution in [3.05, 3.63) is 69.7 Å². The van der Waals surface area contributed by atoms with Crippen LogP contribution in [0.4, 0.5) is 5.13 Å². The van der Waals surface area contributed by atoms with Crippen LogP contribution in [0, 0.1) is 13.8 Å². The van der Waals surface area contributed by atoms with Crippen LogP contribution in [0.5, 0.6) is 11.5 Å². The second-order valence-corrected chi connectivity index (χ2v) is 7.32. The maximum atomic E-state index is 12.1. The Kier molecular flexibility index (Phi) is 6.46. The van der Waals surface area contributed by atoms with Gasteiger partial charge in [0.1, 0.15) is 11.5 Å². The van der Waals surface area contributed by atoms with E-state index >= 15 is 0 Å². The van der Waals surface area contributed by atoms with Crippen LogP contribution in [-0.2, 0) is 6.61 Å². The number of nitrogens with two attached hydrogens (primary N) is 1. The standard InChI is InChI=1S/C21H22N4O3S/c1-13-6-4-5-7-16(13)12-28-17-9-8-15(10-18(17)27-3)11-23-25-20(26)19-14(2)24-21(22)29-19/h4-11H,12H2,1-3H3,(H2,22,24)(H,25,26)/b23-11-. The first-order valence-electron chi connectivity index (χ1n) is 8.89. The van der Waals surface area contributed by atoms with Crippen molar-refractivity contribution in [2.24, 2.45) is 5.10 Å². The average molecular weight is 410 g/mol. The molecule has 3 N–H and O–H groups in total. The highest BCUT2D eigenvalue weighted by molar-refractivity contribution is 7.17. The van der Waals surface area contributed by atoms with Crippen LogP contribution in [0.2, 0.25) is 0 Å². The van der Waals surface area contributed by atoms with Gasteiger partial charge in [0.2, 0.25) is 0 Å². The highest BCUT2D eigenvalue weighted by Gasteiger charge is 2.13. The van der Waals surface area contributed by atoms with E-state index in [1.807, 2.05) is 43.3 Å². The van der Waals surface area contributed by atoms with Crippen molar-refractivity contribution in [3.8, 4) is 11.5 Å². The molecule has 3 rings (SSSR count). The molecule has 0 bridgehead atoms. The van der Waals surface area contributed by atoms with Crippen LogP contribution in [0.1, 0.15) is 32.1 Å². The molecule has 0 aliphatic rings. The lowest BCUT2D eigenvalue weighted by Gasteiger charge is -2.12. The first kappa shape index (κ1) is 20.3. The maximum Gasteiger partial charge on any atom is 0.283 e. The van der Waals surface area contributed by atoms with E-state index in [0.29, 0.717) is 33.8 Å². The molecule has 150 valence electrons. The molecule has 0 aliphatic carbocycles. The first-order valence-corrected chi connectivity index (χ1v) is 9.71. The number of carbonyl (C=O) groups excluding carboxylic acids is 1. The van der Waals surface area contributed by atoms with Gasteiger partial charge in [0, 0.05) is 0 Å². The molecule has 0 radical (unpaired) electrons. The molecule has 1 aromatic heterocycles. The number of anilines is 1. The number of hydrogen-bond acceptors (Lipinski definition) is 7. The minimum atomic E-state index is -0.349. The summed E-state index contributed by atoms with van der Waals surface area (Å²) in [5.74, 6) is 0.866. The molecule has 2 aromatic carbocycles. The van der Waals surface area contributed by atoms with Gasteiger partial charge in [-0.1, -0.05) is 35.6 Å². The second kappa shape index (κ2) is 9.20. The molecule has 29 heavy (non-hydrogen) atoms. The predicted octanol–water partition coefficient (Wildman–Crippen LogP) is 3.69. The van der Waals surface area contributed by atoms with Gasteiger partial charge in [0.05, 0.1) is 19.0 Å². The SMILES string of the molecule is COc1cc(/C=N\NC(=O)c2sc(N)nc2C)ccc1OCc1ccccc1C. The number of nitrogen functional groups attached to an aromatic ring is 1. The summed E-state index contributed by atoms with van der Waals surface area (Å²) in [6.45, 7) is 4.22. The molecule has 0 unspecified atom stereocenters. The Morgan fingerprint density at radius 2 is 2.03 bits per heavy atom. The zero-order valence-corrected chi connectivity index (χ0v) is 17.2. The zero-order chi connectivity index (χ0) is 20.8. The van der Waals surface area contributed by atoms with Gasteiger partial charge < -0.3 is 15.2 Å². The van der Waals surface area contributed by atoms with Gasteiger partial charge in [-0.3, -0.25) is 4.79 Å². The first-order chi connectivity index (χ1) is 14.0. The fourth-order valence-electron chi connectivity index (χ4n) is 2.66. The molecule has 0 fully saturated rings. The lowest BCUT2D eigenvalue weighted by molar-refractivity contribution is 0.0958. The highest BCUT2D eigenvalue weighted by atomic mass is 32.1. The number of hydrazone groups is 1. The van der Waals surface area contributed by atoms with Crippen molar-refractivity contribution in [1.29, 1.82) is 0 Å². The van der Waals surface area contributed by atoms with Crippen molar-refractivity contribution in [3.63, 3.8) is 0 Å². The summed E-state index contributed by atoms with van der Waals surface area (Å²) in [4.78, 5) is 16.6. The van der Waals surface area contributed by atoms with E-state index in [1.165, 1.54) is 11.8 Å². The molecule has 1 amide bonds. The van der Waals surface area contributed by atoms with E-state index in [-0.39, 0.29) is 5.91 Å². The number of thiazole rings is 1. The van der Waals surface area contributed by atoms with E-state index in [0.717, 1.165) is 22.5 Å². The number of benzene rings is 2. The van der Waals surface area contributed by atoms with E-state index in [9.17, 15) is 4.79 Å². The summed E-state index contributed by atoms with van der Waals surface area (Å²) < 4.78 is 11.3. The third-order valence-corrected chi connectivity index (χ3v) is 5.22. The van der Waals surface area contributed by atoms with Gasteiger partial charge in [-0.15, -0.1) is 0 Å². The molecule has 8 heteroatoms. The van der Waals surface area contributed by atoms with Crippen molar-refractivity contribution >= 4 is 28.6 Å². The number of rotatable bonds is 7. The Hall–Kier alpha value is -3.39. The van der Waals surface area contributed by atoms with Crippen LogP contribution in [0.3, 0.4) is 0 Å². The Labute approximate surface area is 173 Å². The number of hydrogen-bond donors (Lipinski definition) is 2. The largest absolute Gasteiger partial charge is 0.493 e. The molecule has 0 atom stereocenters. The molecule has 0 aliphatic heterocycles. The summed E-state index contributed by atoms with van der Waals surface area (Å²) in [5, 5.41) is 4.35. The Morgan fingerprint density at radius 1 is 1.24 bits per heavy atom. The highest BCUT2D eigenvalue weighted by Crippen LogP contribution is 2.28. The van der Waals surface area contributed by atoms with Crippen molar-refractivity contribution in [2.45, 2.75) is 20.5 Å². The van der Waals surface area contributed by atoms with Crippen LogP contribution in [0.15, 0.2) is 47.6 Å². The van der Waals surface area contributed by atoms with Gasteiger partial charge in [-0.05, 0) is 48.7 Å². The Balaban J connectivity index is 1.65. The van der Waals surface area contributed by atoms with Crippen LogP contribution in [-0.4, -0.2) is 24.2 Å². The minimum absolute atomic E-state index is 0.349. The normalized spacial score (nSPS) is 10.9. The molecular weight excluding hydrogens is 388 g/mol. The van der Waals surface area contributed by atoms with Crippen molar-refractivity contribution in [1.82, 2.24) is 10.4 Å². The van der Waals surface area contributed by atoms with Crippen molar-refractivity contribution < 1.29 is 14.3 Å². The quantitative estimate of drug-likeness (QED) is 0.457. The number of nitrogens with zero attached hydrogens (tertiary/aromatic N) is 2. The fraction of sp³-hybridized carbons (Fsp3) is 0.190. The molecule has 0 saturated heterocycles. The fourth-order valence-corrected chi connectivity index (χ4v) is 3.38. The third kappa shape index (κ3) is 5.11. The summed E-state index contributed by atoms with van der Waals surface area (Å²) in [7, 11) is 1.58. The van der Waals surface area contributed by atoms with Crippen molar-refractivity contribution in [2.75, 3.05) is 12.8 Å². The summed E-state index contributed by atoms with van der Waals surface area (Å²) in [5.41, 5.74) is 11.7. The molecule has 7 nitrogen and oxygen atoms in total. The summed E-state index contributed by atoms with van der Waals surface area (Å²) in [6.07, 6.45) is 1.53. The number of carbonyl (C=O) groups is 1. The number of amides is 1. The van der Waals surface area contributed by atoms with Gasteiger partial charge in [0.15, 0.2) is 16.6 Å². The van der Waals surface area contributed by atoms with Gasteiger partial charge in [-0.25, -0.2) is 10.4 Å². The number of ether oxygens (including phenoxy) is 2. The van der Waals surface area contributed by atoms with E-state index in [2.05, 4.69) is 15.5 Å². The Morgan fingerprint density at radius 3 is 2.72 bits per heavy atom. The predicted molar refractivity (Wildman–Crippen MR) is 115 cm³/mol. The Bertz CT molecular complexity index is 1050. The number of aromatic nitrogens is 1. The molecular formula is C21H22N4O3S. The van der Waals surface area contributed by atoms with Gasteiger partial charge >= 0.3 is 0 Å². The molecule has 0 spiro atoms. The summed E-state index contributed by atoms with van der Waals surface area (Å²) in [6, 6.07) is 13.5. The number of nitrogens with one attached hydrogen (secondary N) is 1. The van der Waals surface area contributed by atoms with E-state index in [1.54, 1.807) is 20.1 Å². The average Bonchev–Trinajstić information content (AvgIpc) is 3.06. The molecule has 1 heterocycles. The van der Waals surface area contributed by atoms with Gasteiger partial charge in [0.25, 0.3) is 5.91 Å². The van der Waals surface area contributed by atoms with Crippen LogP contribution >= 0.6 is 11.3 Å². The topological polar surface area (TPSA) is 98.8 Å². The van der Waals surface area contributed by atoms with E-state index in [4.69, 9.17) is 15.2 Å². The van der Waals surface area contributed by atoms with Gasteiger partial charge in [-0.2, -0.15) is 5.10 Å². The number of aryl methyl sites for hydroxylation is 2. The number of methoxy groups -OCH3 is 1. The smallest absolute Gasteiger partial charge is 0.283 e. The van der Waals surface area contributed by atoms with Crippen LogP contribution < -0.4 is 20.6 Å². The summed E-state index contributed by atoms with van der Waals surface area (Å²) >= 11 is 1.13. The monoisotopic (exact) mass is 410 g/mol. The third-order valence-electron chi connectivity index (χ3n) is 4.23. The zero-order valence-electron chi connectivity index (χ0n) is 16.4. The lowest BCUT2D eigenvalue weighted by atomic mass is 10.1. The maximum absolute atomic E-state index is 12.1. The molecule has 0 saturated carbocycles. The lowest BCUT2D eigenvalue weighted by Crippen LogP contribution is -2.17.